The Balaban J connectivity index is 2.06. The van der Waals surface area contributed by atoms with Crippen LogP contribution in [-0.4, -0.2) is 5.54 Å². The van der Waals surface area contributed by atoms with E-state index in [-0.39, 0.29) is 11.4 Å². The molecule has 0 amide bonds. The fourth-order valence-electron chi connectivity index (χ4n) is 3.59. The van der Waals surface area contributed by atoms with Gasteiger partial charge in [-0.1, -0.05) is 48.7 Å². The number of halogens is 2. The van der Waals surface area contributed by atoms with Crippen LogP contribution in [0, 0.1) is 17.7 Å². The zero-order valence-corrected chi connectivity index (χ0v) is 14.0. The molecule has 0 radical (unpaired) electrons. The molecule has 0 spiro atoms. The molecule has 0 aliphatic heterocycles. The van der Waals surface area contributed by atoms with Crippen molar-refractivity contribution in [3.05, 3.63) is 34.1 Å². The first-order valence-corrected chi connectivity index (χ1v) is 8.40. The topological polar surface area (TPSA) is 26.0 Å². The Morgan fingerprint density at radius 1 is 1.45 bits per heavy atom. The molecule has 1 aliphatic carbocycles. The highest BCUT2D eigenvalue weighted by Crippen LogP contribution is 2.36. The van der Waals surface area contributed by atoms with Crippen molar-refractivity contribution in [2.45, 2.75) is 57.9 Å². The van der Waals surface area contributed by atoms with E-state index in [9.17, 15) is 4.39 Å². The van der Waals surface area contributed by atoms with Crippen LogP contribution in [0.1, 0.15) is 51.5 Å². The summed E-state index contributed by atoms with van der Waals surface area (Å²) in [5.74, 6) is 1.27. The molecule has 20 heavy (non-hydrogen) atoms. The van der Waals surface area contributed by atoms with Gasteiger partial charge in [0, 0.05) is 10.0 Å². The highest BCUT2D eigenvalue weighted by molar-refractivity contribution is 9.10. The average Bonchev–Trinajstić information content (AvgIpc) is 2.32. The van der Waals surface area contributed by atoms with Crippen molar-refractivity contribution in [2.24, 2.45) is 17.6 Å². The van der Waals surface area contributed by atoms with E-state index in [1.807, 2.05) is 12.1 Å². The van der Waals surface area contributed by atoms with E-state index in [0.29, 0.717) is 18.3 Å². The largest absolute Gasteiger partial charge is 0.325 e. The zero-order valence-electron chi connectivity index (χ0n) is 12.5. The molecule has 0 aromatic heterocycles. The predicted molar refractivity (Wildman–Crippen MR) is 86.1 cm³/mol. The molecular formula is C17H25BrFN. The van der Waals surface area contributed by atoms with Crippen LogP contribution in [0.2, 0.25) is 0 Å². The van der Waals surface area contributed by atoms with Crippen LogP contribution in [-0.2, 0) is 6.42 Å². The summed E-state index contributed by atoms with van der Waals surface area (Å²) in [5, 5.41) is 0. The number of hydrogen-bond donors (Lipinski definition) is 1. The van der Waals surface area contributed by atoms with Crippen molar-refractivity contribution < 1.29 is 4.39 Å². The fraction of sp³-hybridized carbons (Fsp3) is 0.647. The van der Waals surface area contributed by atoms with Gasteiger partial charge >= 0.3 is 0 Å². The molecule has 1 aliphatic rings. The molecule has 1 aromatic carbocycles. The standard InChI is InChI=1S/C17H25BrFN/c1-12(2)8-13-4-3-7-17(20,10-13)11-14-5-6-15(18)9-16(14)19/h5-6,9,12-13H,3-4,7-8,10-11,20H2,1-2H3. The summed E-state index contributed by atoms with van der Waals surface area (Å²) >= 11 is 3.30. The first-order chi connectivity index (χ1) is 9.38. The Labute approximate surface area is 130 Å². The summed E-state index contributed by atoms with van der Waals surface area (Å²) in [6, 6.07) is 5.30. The number of rotatable bonds is 4. The third kappa shape index (κ3) is 4.29. The van der Waals surface area contributed by atoms with E-state index in [0.717, 1.165) is 22.9 Å². The van der Waals surface area contributed by atoms with Crippen molar-refractivity contribution in [2.75, 3.05) is 0 Å². The minimum absolute atomic E-state index is 0.143. The van der Waals surface area contributed by atoms with E-state index in [4.69, 9.17) is 5.73 Å². The summed E-state index contributed by atoms with van der Waals surface area (Å²) in [5.41, 5.74) is 7.11. The lowest BCUT2D eigenvalue weighted by Gasteiger charge is -2.39. The van der Waals surface area contributed by atoms with Crippen LogP contribution >= 0.6 is 15.9 Å². The molecule has 1 saturated carbocycles. The molecule has 3 heteroatoms. The van der Waals surface area contributed by atoms with Crippen LogP contribution in [0.25, 0.3) is 0 Å². The van der Waals surface area contributed by atoms with Gasteiger partial charge in [-0.25, -0.2) is 4.39 Å². The van der Waals surface area contributed by atoms with Crippen molar-refractivity contribution in [1.29, 1.82) is 0 Å². The molecule has 2 unspecified atom stereocenters. The van der Waals surface area contributed by atoms with Gasteiger partial charge in [0.15, 0.2) is 0 Å². The highest BCUT2D eigenvalue weighted by atomic mass is 79.9. The van der Waals surface area contributed by atoms with Gasteiger partial charge in [-0.2, -0.15) is 0 Å². The summed E-state index contributed by atoms with van der Waals surface area (Å²) in [6.07, 6.45) is 6.38. The smallest absolute Gasteiger partial charge is 0.127 e. The molecule has 1 aromatic rings. The van der Waals surface area contributed by atoms with Gasteiger partial charge < -0.3 is 5.73 Å². The minimum Gasteiger partial charge on any atom is -0.325 e. The molecule has 2 N–H and O–H groups in total. The minimum atomic E-state index is -0.230. The van der Waals surface area contributed by atoms with Crippen LogP contribution < -0.4 is 5.73 Å². The Kier molecular flexibility index (Phi) is 5.25. The maximum atomic E-state index is 14.0. The van der Waals surface area contributed by atoms with E-state index in [1.165, 1.54) is 25.3 Å². The third-order valence-electron chi connectivity index (χ3n) is 4.34. The maximum Gasteiger partial charge on any atom is 0.127 e. The molecule has 2 rings (SSSR count). The first-order valence-electron chi connectivity index (χ1n) is 7.61. The maximum absolute atomic E-state index is 14.0. The lowest BCUT2D eigenvalue weighted by molar-refractivity contribution is 0.199. The molecule has 112 valence electrons. The summed E-state index contributed by atoms with van der Waals surface area (Å²) < 4.78 is 14.8. The molecule has 0 saturated heterocycles. The van der Waals surface area contributed by atoms with E-state index >= 15 is 0 Å². The van der Waals surface area contributed by atoms with Crippen molar-refractivity contribution >= 4 is 15.9 Å². The monoisotopic (exact) mass is 341 g/mol. The quantitative estimate of drug-likeness (QED) is 0.813. The Bertz CT molecular complexity index is 460. The van der Waals surface area contributed by atoms with Gasteiger partial charge in [0.25, 0.3) is 0 Å². The van der Waals surface area contributed by atoms with Gasteiger partial charge in [0.1, 0.15) is 5.82 Å². The van der Waals surface area contributed by atoms with Crippen molar-refractivity contribution in [3.63, 3.8) is 0 Å². The van der Waals surface area contributed by atoms with Crippen LogP contribution in [0.5, 0.6) is 0 Å². The summed E-state index contributed by atoms with van der Waals surface area (Å²) in [4.78, 5) is 0. The van der Waals surface area contributed by atoms with Gasteiger partial charge in [0.05, 0.1) is 0 Å². The normalized spacial score (nSPS) is 27.0. The van der Waals surface area contributed by atoms with Crippen LogP contribution in [0.15, 0.2) is 22.7 Å². The Morgan fingerprint density at radius 2 is 2.20 bits per heavy atom. The molecule has 1 fully saturated rings. The third-order valence-corrected chi connectivity index (χ3v) is 4.84. The van der Waals surface area contributed by atoms with Crippen LogP contribution in [0.4, 0.5) is 4.39 Å². The number of benzene rings is 1. The lowest BCUT2D eigenvalue weighted by atomic mass is 9.71. The number of hydrogen-bond acceptors (Lipinski definition) is 1. The van der Waals surface area contributed by atoms with Gasteiger partial charge in [-0.05, 0) is 55.2 Å². The first kappa shape index (κ1) is 16.0. The molecular weight excluding hydrogens is 317 g/mol. The second-order valence-electron chi connectivity index (χ2n) is 6.87. The highest BCUT2D eigenvalue weighted by Gasteiger charge is 2.33. The van der Waals surface area contributed by atoms with Gasteiger partial charge in [-0.3, -0.25) is 0 Å². The zero-order chi connectivity index (χ0) is 14.8. The van der Waals surface area contributed by atoms with E-state index in [2.05, 4.69) is 29.8 Å². The second-order valence-corrected chi connectivity index (χ2v) is 7.78. The predicted octanol–water partition coefficient (Wildman–Crippen LogP) is 5.06. The van der Waals surface area contributed by atoms with Crippen molar-refractivity contribution in [3.8, 4) is 0 Å². The Hall–Kier alpha value is -0.410. The van der Waals surface area contributed by atoms with Crippen LogP contribution in [0.3, 0.4) is 0 Å². The average molecular weight is 342 g/mol. The number of nitrogens with two attached hydrogens (primary N) is 1. The fourth-order valence-corrected chi connectivity index (χ4v) is 3.93. The summed E-state index contributed by atoms with van der Waals surface area (Å²) in [7, 11) is 0. The van der Waals surface area contributed by atoms with E-state index < -0.39 is 0 Å². The summed E-state index contributed by atoms with van der Waals surface area (Å²) in [6.45, 7) is 4.53. The Morgan fingerprint density at radius 3 is 2.85 bits per heavy atom. The lowest BCUT2D eigenvalue weighted by Crippen LogP contribution is -2.46. The van der Waals surface area contributed by atoms with Gasteiger partial charge in [0.2, 0.25) is 0 Å². The van der Waals surface area contributed by atoms with E-state index in [1.54, 1.807) is 0 Å². The second kappa shape index (κ2) is 6.57. The van der Waals surface area contributed by atoms with Gasteiger partial charge in [-0.15, -0.1) is 0 Å². The van der Waals surface area contributed by atoms with Crippen molar-refractivity contribution in [1.82, 2.24) is 0 Å². The SMILES string of the molecule is CC(C)CC1CCCC(N)(Cc2ccc(Br)cc2F)C1. The molecule has 2 atom stereocenters. The molecule has 0 heterocycles. The molecule has 0 bridgehead atoms. The molecule has 1 nitrogen and oxygen atoms in total.